The van der Waals surface area contributed by atoms with Crippen LogP contribution in [0, 0.1) is 0 Å². The van der Waals surface area contributed by atoms with Crippen LogP contribution in [0.5, 0.6) is 11.5 Å². The molecule has 1 heterocycles. The highest BCUT2D eigenvalue weighted by molar-refractivity contribution is 9.10. The Morgan fingerprint density at radius 1 is 1.20 bits per heavy atom. The average Bonchev–Trinajstić information content (AvgIpc) is 2.81. The zero-order valence-corrected chi connectivity index (χ0v) is 22.5. The second-order valence-electron chi connectivity index (χ2n) is 7.92. The normalized spacial score (nSPS) is 12.3. The number of ether oxygens (including phenoxy) is 3. The lowest BCUT2D eigenvalue weighted by Crippen LogP contribution is -2.26. The Labute approximate surface area is 217 Å². The number of nitrogens with zero attached hydrogens (tertiary/aromatic N) is 3. The highest BCUT2D eigenvalue weighted by Crippen LogP contribution is 2.37. The summed E-state index contributed by atoms with van der Waals surface area (Å²) >= 11 is 9.88. The van der Waals surface area contributed by atoms with Gasteiger partial charge in [-0.25, -0.2) is 9.78 Å². The van der Waals surface area contributed by atoms with Gasteiger partial charge >= 0.3 is 5.97 Å². The molecule has 2 aromatic carbocycles. The van der Waals surface area contributed by atoms with E-state index in [4.69, 9.17) is 25.8 Å². The van der Waals surface area contributed by atoms with E-state index in [1.165, 1.54) is 10.9 Å². The molecule has 0 spiro atoms. The molecule has 0 radical (unpaired) electrons. The largest absolute Gasteiger partial charge is 0.490 e. The molecule has 0 aliphatic carbocycles. The molecule has 35 heavy (non-hydrogen) atoms. The zero-order chi connectivity index (χ0) is 25.7. The highest BCUT2D eigenvalue weighted by atomic mass is 79.9. The van der Waals surface area contributed by atoms with Gasteiger partial charge in [0.05, 0.1) is 35.4 Å². The molecule has 10 heteroatoms. The molecule has 0 aliphatic rings. The Bertz CT molecular complexity index is 1320. The van der Waals surface area contributed by atoms with Gasteiger partial charge in [-0.3, -0.25) is 4.79 Å². The SMILES string of the molecule is CCOC(=O)[C@@H](C)Oc1c(Cl)cc(C=Nn2c(C(C)C)nc3ccc(Br)cc3c2=O)cc1OCC. The third-order valence-corrected chi connectivity index (χ3v) is 5.69. The van der Waals surface area contributed by atoms with Crippen LogP contribution in [0.3, 0.4) is 0 Å². The summed E-state index contributed by atoms with van der Waals surface area (Å²) in [6, 6.07) is 8.66. The predicted molar refractivity (Wildman–Crippen MR) is 140 cm³/mol. The lowest BCUT2D eigenvalue weighted by Gasteiger charge is -2.18. The van der Waals surface area contributed by atoms with Gasteiger partial charge < -0.3 is 14.2 Å². The summed E-state index contributed by atoms with van der Waals surface area (Å²) in [5.74, 6) is 0.543. The average molecular weight is 565 g/mol. The van der Waals surface area contributed by atoms with Crippen molar-refractivity contribution >= 4 is 50.6 Å². The van der Waals surface area contributed by atoms with E-state index < -0.39 is 12.1 Å². The number of rotatable bonds is 9. The van der Waals surface area contributed by atoms with Crippen molar-refractivity contribution in [1.82, 2.24) is 9.66 Å². The Kier molecular flexibility index (Phi) is 8.91. The molecule has 0 fully saturated rings. The maximum atomic E-state index is 13.2. The first-order valence-electron chi connectivity index (χ1n) is 11.2. The third kappa shape index (κ3) is 6.21. The van der Waals surface area contributed by atoms with Crippen LogP contribution < -0.4 is 15.0 Å². The number of carbonyl (C=O) groups is 1. The van der Waals surface area contributed by atoms with Crippen LogP contribution in [0.4, 0.5) is 0 Å². The van der Waals surface area contributed by atoms with Crippen LogP contribution in [-0.2, 0) is 9.53 Å². The van der Waals surface area contributed by atoms with Crippen LogP contribution in [0.25, 0.3) is 10.9 Å². The van der Waals surface area contributed by atoms with Gasteiger partial charge in [-0.1, -0.05) is 41.4 Å². The first-order valence-corrected chi connectivity index (χ1v) is 12.4. The summed E-state index contributed by atoms with van der Waals surface area (Å²) in [4.78, 5) is 29.9. The first kappa shape index (κ1) is 26.7. The Morgan fingerprint density at radius 2 is 1.94 bits per heavy atom. The van der Waals surface area contributed by atoms with Gasteiger partial charge in [0.15, 0.2) is 17.6 Å². The van der Waals surface area contributed by atoms with Crippen LogP contribution in [0.1, 0.15) is 51.9 Å². The van der Waals surface area contributed by atoms with Gasteiger partial charge in [0, 0.05) is 10.4 Å². The first-order chi connectivity index (χ1) is 16.7. The lowest BCUT2D eigenvalue weighted by atomic mass is 10.2. The summed E-state index contributed by atoms with van der Waals surface area (Å²) in [7, 11) is 0. The third-order valence-electron chi connectivity index (χ3n) is 4.92. The van der Waals surface area contributed by atoms with E-state index in [0.29, 0.717) is 34.6 Å². The fourth-order valence-electron chi connectivity index (χ4n) is 3.30. The fraction of sp³-hybridized carbons (Fsp3) is 0.360. The van der Waals surface area contributed by atoms with Gasteiger partial charge in [-0.2, -0.15) is 9.78 Å². The van der Waals surface area contributed by atoms with Crippen molar-refractivity contribution in [3.63, 3.8) is 0 Å². The van der Waals surface area contributed by atoms with Gasteiger partial charge in [0.2, 0.25) is 0 Å². The molecule has 0 N–H and O–H groups in total. The standard InChI is InChI=1S/C25H27BrClN3O5/c1-6-33-21-11-16(10-19(27)22(21)35-15(5)25(32)34-7-2)13-28-30-23(14(3)4)29-20-9-8-17(26)12-18(20)24(30)31/h8-15H,6-7H2,1-5H3/t15-/m1/s1. The number of esters is 1. The van der Waals surface area contributed by atoms with Crippen LogP contribution in [0.15, 0.2) is 44.7 Å². The molecule has 0 amide bonds. The van der Waals surface area contributed by atoms with E-state index >= 15 is 0 Å². The van der Waals surface area contributed by atoms with Gasteiger partial charge in [0.25, 0.3) is 5.56 Å². The lowest BCUT2D eigenvalue weighted by molar-refractivity contribution is -0.150. The second kappa shape index (κ2) is 11.7. The van der Waals surface area contributed by atoms with E-state index in [0.717, 1.165) is 4.47 Å². The highest BCUT2D eigenvalue weighted by Gasteiger charge is 2.21. The van der Waals surface area contributed by atoms with Crippen molar-refractivity contribution in [1.29, 1.82) is 0 Å². The monoisotopic (exact) mass is 563 g/mol. The van der Waals surface area contributed by atoms with Crippen molar-refractivity contribution in [2.24, 2.45) is 5.10 Å². The molecule has 1 atom stereocenters. The molecule has 186 valence electrons. The predicted octanol–water partition coefficient (Wildman–Crippen LogP) is 5.55. The Morgan fingerprint density at radius 3 is 2.60 bits per heavy atom. The number of halogens is 2. The molecule has 1 aromatic heterocycles. The second-order valence-corrected chi connectivity index (χ2v) is 9.25. The van der Waals surface area contributed by atoms with Crippen LogP contribution in [0.2, 0.25) is 5.02 Å². The van der Waals surface area contributed by atoms with Gasteiger partial charge in [-0.05, 0) is 56.7 Å². The van der Waals surface area contributed by atoms with Crippen molar-refractivity contribution in [2.45, 2.75) is 46.6 Å². The van der Waals surface area contributed by atoms with Crippen molar-refractivity contribution < 1.29 is 19.0 Å². The van der Waals surface area contributed by atoms with E-state index in [-0.39, 0.29) is 28.9 Å². The Hall–Kier alpha value is -2.91. The number of fused-ring (bicyclic) bond motifs is 1. The van der Waals surface area contributed by atoms with Gasteiger partial charge in [-0.15, -0.1) is 0 Å². The molecule has 3 aromatic rings. The minimum Gasteiger partial charge on any atom is -0.490 e. The molecule has 0 saturated heterocycles. The van der Waals surface area contributed by atoms with Gasteiger partial charge in [0.1, 0.15) is 5.82 Å². The number of hydrogen-bond acceptors (Lipinski definition) is 7. The summed E-state index contributed by atoms with van der Waals surface area (Å²) < 4.78 is 18.5. The molecule has 8 nitrogen and oxygen atoms in total. The van der Waals surface area contributed by atoms with Crippen molar-refractivity contribution in [3.8, 4) is 11.5 Å². The molecular weight excluding hydrogens is 538 g/mol. The Balaban J connectivity index is 2.04. The van der Waals surface area contributed by atoms with E-state index in [2.05, 4.69) is 26.0 Å². The minimum atomic E-state index is -0.874. The molecule has 0 unspecified atom stereocenters. The van der Waals surface area contributed by atoms with Crippen molar-refractivity contribution in [3.05, 3.63) is 61.6 Å². The molecule has 0 aliphatic heterocycles. The van der Waals surface area contributed by atoms with Crippen LogP contribution in [-0.4, -0.2) is 41.2 Å². The quantitative estimate of drug-likeness (QED) is 0.250. The number of aromatic nitrogens is 2. The molecule has 3 rings (SSSR count). The number of hydrogen-bond donors (Lipinski definition) is 0. The smallest absolute Gasteiger partial charge is 0.347 e. The minimum absolute atomic E-state index is 0.0457. The number of benzene rings is 2. The molecule has 0 bridgehead atoms. The summed E-state index contributed by atoms with van der Waals surface area (Å²) in [5.41, 5.74) is 0.897. The molecular formula is C25H27BrClN3O5. The van der Waals surface area contributed by atoms with E-state index in [1.807, 2.05) is 26.8 Å². The van der Waals surface area contributed by atoms with Crippen molar-refractivity contribution in [2.75, 3.05) is 13.2 Å². The summed E-state index contributed by atoms with van der Waals surface area (Å²) in [6.45, 7) is 9.59. The fourth-order valence-corrected chi connectivity index (χ4v) is 3.92. The van der Waals surface area contributed by atoms with E-state index in [9.17, 15) is 9.59 Å². The summed E-state index contributed by atoms with van der Waals surface area (Å²) in [5, 5.41) is 5.11. The summed E-state index contributed by atoms with van der Waals surface area (Å²) in [6.07, 6.45) is 0.632. The maximum absolute atomic E-state index is 13.2. The topological polar surface area (TPSA) is 92.0 Å². The van der Waals surface area contributed by atoms with Crippen LogP contribution >= 0.6 is 27.5 Å². The zero-order valence-electron chi connectivity index (χ0n) is 20.2. The number of carbonyl (C=O) groups excluding carboxylic acids is 1. The van der Waals surface area contributed by atoms with E-state index in [1.54, 1.807) is 38.1 Å². The molecule has 0 saturated carbocycles. The maximum Gasteiger partial charge on any atom is 0.347 e.